The van der Waals surface area contributed by atoms with Gasteiger partial charge in [0.15, 0.2) is 5.69 Å². The maximum absolute atomic E-state index is 13.1. The molecule has 1 aliphatic heterocycles. The van der Waals surface area contributed by atoms with Crippen LogP contribution in [0.1, 0.15) is 29.8 Å². The Bertz CT molecular complexity index is 1120. The van der Waals surface area contributed by atoms with Crippen molar-refractivity contribution in [1.29, 1.82) is 0 Å². The van der Waals surface area contributed by atoms with Gasteiger partial charge < -0.3 is 25.4 Å². The van der Waals surface area contributed by atoms with Crippen molar-refractivity contribution in [1.82, 2.24) is 25.0 Å². The van der Waals surface area contributed by atoms with E-state index in [2.05, 4.69) is 15.4 Å². The van der Waals surface area contributed by atoms with Crippen LogP contribution in [-0.2, 0) is 0 Å². The number of aromatic nitrogens is 3. The van der Waals surface area contributed by atoms with Gasteiger partial charge in [-0.15, -0.1) is 0 Å². The summed E-state index contributed by atoms with van der Waals surface area (Å²) in [5, 5.41) is 7.13. The fourth-order valence-corrected chi connectivity index (χ4v) is 3.83. The van der Waals surface area contributed by atoms with E-state index in [0.29, 0.717) is 36.2 Å². The number of ether oxygens (including phenoxy) is 2. The predicted octanol–water partition coefficient (Wildman–Crippen LogP) is 2.62. The van der Waals surface area contributed by atoms with Crippen LogP contribution in [0.15, 0.2) is 48.7 Å². The molecule has 0 bridgehead atoms. The number of primary amides is 1. The van der Waals surface area contributed by atoms with Gasteiger partial charge in [0, 0.05) is 24.7 Å². The number of likely N-dealkylation sites (tertiary alicyclic amines) is 1. The van der Waals surface area contributed by atoms with E-state index in [1.54, 1.807) is 24.1 Å². The third-order valence-corrected chi connectivity index (χ3v) is 5.57. The number of urea groups is 1. The number of nitrogens with one attached hydrogen (secondary N) is 1. The third-order valence-electron chi connectivity index (χ3n) is 5.57. The lowest BCUT2D eigenvalue weighted by Crippen LogP contribution is -2.35. The minimum Gasteiger partial charge on any atom is -0.492 e. The molecule has 2 aromatic heterocycles. The SMILES string of the molecule is COc1ccc(-n2nc(C(=O)N3CCCCC3)cc2-c2ccc(OCCNC(N)=O)cc2)cn1. The average Bonchev–Trinajstić information content (AvgIpc) is 3.32. The number of hydrogen-bond donors (Lipinski definition) is 2. The summed E-state index contributed by atoms with van der Waals surface area (Å²) in [6, 6.07) is 12.3. The Balaban J connectivity index is 1.61. The second-order valence-electron chi connectivity index (χ2n) is 7.90. The second-order valence-corrected chi connectivity index (χ2v) is 7.90. The number of nitrogens with two attached hydrogens (primary N) is 1. The molecular formula is C24H28N6O4. The van der Waals surface area contributed by atoms with Crippen molar-refractivity contribution in [3.05, 3.63) is 54.4 Å². The van der Waals surface area contributed by atoms with Crippen LogP contribution in [0.3, 0.4) is 0 Å². The van der Waals surface area contributed by atoms with Crippen LogP contribution in [0.4, 0.5) is 4.79 Å². The molecule has 1 fully saturated rings. The van der Waals surface area contributed by atoms with E-state index in [4.69, 9.17) is 15.2 Å². The first kappa shape index (κ1) is 23.1. The normalized spacial score (nSPS) is 13.4. The van der Waals surface area contributed by atoms with Crippen molar-refractivity contribution in [3.8, 4) is 28.6 Å². The van der Waals surface area contributed by atoms with Crippen LogP contribution in [-0.4, -0.2) is 65.0 Å². The quantitative estimate of drug-likeness (QED) is 0.494. The Kier molecular flexibility index (Phi) is 7.26. The summed E-state index contributed by atoms with van der Waals surface area (Å²) < 4.78 is 12.5. The predicted molar refractivity (Wildman–Crippen MR) is 126 cm³/mol. The van der Waals surface area contributed by atoms with Gasteiger partial charge in [0.2, 0.25) is 5.88 Å². The van der Waals surface area contributed by atoms with Crippen molar-refractivity contribution < 1.29 is 19.1 Å². The van der Waals surface area contributed by atoms with E-state index >= 15 is 0 Å². The number of methoxy groups -OCH3 is 1. The minimum atomic E-state index is -0.588. The number of pyridine rings is 1. The van der Waals surface area contributed by atoms with Crippen molar-refractivity contribution >= 4 is 11.9 Å². The lowest BCUT2D eigenvalue weighted by atomic mass is 10.1. The summed E-state index contributed by atoms with van der Waals surface area (Å²) in [7, 11) is 1.56. The van der Waals surface area contributed by atoms with Crippen LogP contribution >= 0.6 is 0 Å². The van der Waals surface area contributed by atoms with E-state index < -0.39 is 6.03 Å². The van der Waals surface area contributed by atoms with Crippen molar-refractivity contribution in [2.75, 3.05) is 33.4 Å². The molecule has 4 rings (SSSR count). The van der Waals surface area contributed by atoms with Crippen LogP contribution in [0.2, 0.25) is 0 Å². The molecular weight excluding hydrogens is 436 g/mol. The van der Waals surface area contributed by atoms with E-state index in [-0.39, 0.29) is 5.91 Å². The highest BCUT2D eigenvalue weighted by molar-refractivity contribution is 5.93. The Morgan fingerprint density at radius 2 is 1.85 bits per heavy atom. The van der Waals surface area contributed by atoms with E-state index in [0.717, 1.165) is 43.6 Å². The molecule has 0 radical (unpaired) electrons. The third kappa shape index (κ3) is 5.45. The lowest BCUT2D eigenvalue weighted by Gasteiger charge is -2.25. The zero-order valence-corrected chi connectivity index (χ0v) is 19.1. The van der Waals surface area contributed by atoms with Crippen LogP contribution < -0.4 is 20.5 Å². The Hall–Kier alpha value is -4.08. The molecule has 10 nitrogen and oxygen atoms in total. The van der Waals surface area contributed by atoms with E-state index in [1.165, 1.54) is 0 Å². The van der Waals surface area contributed by atoms with Crippen molar-refractivity contribution in [2.24, 2.45) is 5.73 Å². The highest BCUT2D eigenvalue weighted by Crippen LogP contribution is 2.27. The molecule has 1 aromatic carbocycles. The van der Waals surface area contributed by atoms with Gasteiger partial charge in [-0.05, 0) is 55.7 Å². The van der Waals surface area contributed by atoms with Gasteiger partial charge >= 0.3 is 6.03 Å². The van der Waals surface area contributed by atoms with E-state index in [9.17, 15) is 9.59 Å². The van der Waals surface area contributed by atoms with Gasteiger partial charge in [0.05, 0.1) is 31.2 Å². The largest absolute Gasteiger partial charge is 0.492 e. The lowest BCUT2D eigenvalue weighted by molar-refractivity contribution is 0.0718. The maximum Gasteiger partial charge on any atom is 0.312 e. The van der Waals surface area contributed by atoms with E-state index in [1.807, 2.05) is 41.3 Å². The van der Waals surface area contributed by atoms with Gasteiger partial charge in [-0.25, -0.2) is 14.5 Å². The molecule has 178 valence electrons. The molecule has 1 saturated heterocycles. The van der Waals surface area contributed by atoms with Gasteiger partial charge in [-0.3, -0.25) is 4.79 Å². The first-order valence-corrected chi connectivity index (χ1v) is 11.2. The number of hydrogen-bond acceptors (Lipinski definition) is 6. The summed E-state index contributed by atoms with van der Waals surface area (Å²) in [5.41, 5.74) is 7.78. The molecule has 0 spiro atoms. The first-order valence-electron chi connectivity index (χ1n) is 11.2. The molecule has 3 aromatic rings. The monoisotopic (exact) mass is 464 g/mol. The summed E-state index contributed by atoms with van der Waals surface area (Å²) in [6.07, 6.45) is 4.83. The fourth-order valence-electron chi connectivity index (χ4n) is 3.83. The highest BCUT2D eigenvalue weighted by Gasteiger charge is 2.23. The van der Waals surface area contributed by atoms with Gasteiger partial charge in [0.1, 0.15) is 12.4 Å². The van der Waals surface area contributed by atoms with Gasteiger partial charge in [-0.2, -0.15) is 5.10 Å². The maximum atomic E-state index is 13.1. The topological polar surface area (TPSA) is 125 Å². The summed E-state index contributed by atoms with van der Waals surface area (Å²) in [4.78, 5) is 30.0. The number of piperidine rings is 1. The number of rotatable bonds is 8. The molecule has 0 saturated carbocycles. The minimum absolute atomic E-state index is 0.0666. The Morgan fingerprint density at radius 3 is 2.50 bits per heavy atom. The molecule has 1 aliphatic rings. The van der Waals surface area contributed by atoms with Crippen molar-refractivity contribution in [2.45, 2.75) is 19.3 Å². The molecule has 3 amide bonds. The second kappa shape index (κ2) is 10.7. The zero-order valence-electron chi connectivity index (χ0n) is 19.1. The molecule has 0 atom stereocenters. The van der Waals surface area contributed by atoms with Crippen molar-refractivity contribution in [3.63, 3.8) is 0 Å². The van der Waals surface area contributed by atoms with Crippen LogP contribution in [0.5, 0.6) is 11.6 Å². The fraction of sp³-hybridized carbons (Fsp3) is 0.333. The number of carbonyl (C=O) groups excluding carboxylic acids is 2. The standard InChI is InChI=1S/C24H28N6O4/c1-33-22-10-7-18(16-27-22)30-21(15-20(28-30)23(31)29-12-3-2-4-13-29)17-5-8-19(9-6-17)34-14-11-26-24(25)32/h5-10,15-16H,2-4,11-14H2,1H3,(H3,25,26,32). The summed E-state index contributed by atoms with van der Waals surface area (Å²) >= 11 is 0. The van der Waals surface area contributed by atoms with Crippen LogP contribution in [0.25, 0.3) is 16.9 Å². The smallest absolute Gasteiger partial charge is 0.312 e. The summed E-state index contributed by atoms with van der Waals surface area (Å²) in [5.74, 6) is 1.08. The van der Waals surface area contributed by atoms with Gasteiger partial charge in [0.25, 0.3) is 5.91 Å². The Labute approximate surface area is 197 Å². The molecule has 0 aliphatic carbocycles. The number of nitrogens with zero attached hydrogens (tertiary/aromatic N) is 4. The average molecular weight is 465 g/mol. The number of carbonyl (C=O) groups is 2. The summed E-state index contributed by atoms with van der Waals surface area (Å²) in [6.45, 7) is 2.12. The van der Waals surface area contributed by atoms with Gasteiger partial charge in [-0.1, -0.05) is 0 Å². The molecule has 3 heterocycles. The van der Waals surface area contributed by atoms with Crippen LogP contribution in [0, 0.1) is 0 Å². The molecule has 0 unspecified atom stereocenters. The number of amides is 3. The number of benzene rings is 1. The zero-order chi connectivity index (χ0) is 23.9. The Morgan fingerprint density at radius 1 is 1.09 bits per heavy atom. The highest BCUT2D eigenvalue weighted by atomic mass is 16.5. The molecule has 3 N–H and O–H groups in total. The first-order chi connectivity index (χ1) is 16.5. The molecule has 34 heavy (non-hydrogen) atoms. The molecule has 10 heteroatoms.